The van der Waals surface area contributed by atoms with E-state index in [1.807, 2.05) is 16.7 Å². The summed E-state index contributed by atoms with van der Waals surface area (Å²) in [4.78, 5) is 19.4. The SMILES string of the molecule is COCCn1cnc2cc(C(=O)N[C@@H]3CC[C@@H](N4CCOCC4)[C@@H]3O)ccc21. The first-order valence-electron chi connectivity index (χ1n) is 9.92. The molecule has 1 amide bonds. The first-order chi connectivity index (χ1) is 13.7. The summed E-state index contributed by atoms with van der Waals surface area (Å²) in [6.07, 6.45) is 2.87. The van der Waals surface area contributed by atoms with Gasteiger partial charge in [0.2, 0.25) is 0 Å². The van der Waals surface area contributed by atoms with Gasteiger partial charge < -0.3 is 24.5 Å². The van der Waals surface area contributed by atoms with Crippen molar-refractivity contribution in [2.75, 3.05) is 40.0 Å². The summed E-state index contributed by atoms with van der Waals surface area (Å²) in [6, 6.07) is 5.38. The van der Waals surface area contributed by atoms with Crippen LogP contribution in [0.15, 0.2) is 24.5 Å². The highest BCUT2D eigenvalue weighted by Crippen LogP contribution is 2.26. The highest BCUT2D eigenvalue weighted by atomic mass is 16.5. The number of nitrogens with zero attached hydrogens (tertiary/aromatic N) is 3. The zero-order valence-electron chi connectivity index (χ0n) is 16.2. The van der Waals surface area contributed by atoms with Crippen LogP contribution >= 0.6 is 0 Å². The number of hydrogen-bond acceptors (Lipinski definition) is 6. The van der Waals surface area contributed by atoms with Crippen LogP contribution in [0.4, 0.5) is 0 Å². The van der Waals surface area contributed by atoms with Crippen molar-refractivity contribution in [3.63, 3.8) is 0 Å². The normalized spacial score (nSPS) is 26.0. The molecule has 2 heterocycles. The zero-order valence-corrected chi connectivity index (χ0v) is 16.2. The highest BCUT2D eigenvalue weighted by molar-refractivity contribution is 5.97. The summed E-state index contributed by atoms with van der Waals surface area (Å²) in [5, 5.41) is 13.7. The third-order valence-electron chi connectivity index (χ3n) is 5.83. The molecule has 152 valence electrons. The van der Waals surface area contributed by atoms with Gasteiger partial charge in [-0.25, -0.2) is 4.98 Å². The molecule has 0 radical (unpaired) electrons. The Morgan fingerprint density at radius 2 is 2.18 bits per heavy atom. The third kappa shape index (κ3) is 3.91. The molecule has 1 aromatic carbocycles. The molecule has 28 heavy (non-hydrogen) atoms. The van der Waals surface area contributed by atoms with Gasteiger partial charge >= 0.3 is 0 Å². The fraction of sp³-hybridized carbons (Fsp3) is 0.600. The van der Waals surface area contributed by atoms with E-state index in [1.54, 1.807) is 19.5 Å². The maximum Gasteiger partial charge on any atom is 0.251 e. The minimum atomic E-state index is -0.556. The van der Waals surface area contributed by atoms with Crippen molar-refractivity contribution in [3.05, 3.63) is 30.1 Å². The Kier molecular flexibility index (Phi) is 5.91. The van der Waals surface area contributed by atoms with Crippen molar-refractivity contribution in [2.45, 2.75) is 37.6 Å². The van der Waals surface area contributed by atoms with E-state index in [1.165, 1.54) is 0 Å². The molecule has 1 aliphatic carbocycles. The molecule has 0 spiro atoms. The van der Waals surface area contributed by atoms with Crippen LogP contribution in [0.2, 0.25) is 0 Å². The number of aliphatic hydroxyl groups excluding tert-OH is 1. The maximum absolute atomic E-state index is 12.7. The van der Waals surface area contributed by atoms with Gasteiger partial charge in [-0.1, -0.05) is 0 Å². The van der Waals surface area contributed by atoms with Gasteiger partial charge in [0.1, 0.15) is 0 Å². The smallest absolute Gasteiger partial charge is 0.251 e. The maximum atomic E-state index is 12.7. The predicted octanol–water partition coefficient (Wildman–Crippen LogP) is 0.637. The summed E-state index contributed by atoms with van der Waals surface area (Å²) in [6.45, 7) is 4.41. The lowest BCUT2D eigenvalue weighted by atomic mass is 10.1. The molecule has 0 bridgehead atoms. The van der Waals surface area contributed by atoms with Crippen LogP contribution in [0.1, 0.15) is 23.2 Å². The first-order valence-corrected chi connectivity index (χ1v) is 9.92. The number of methoxy groups -OCH3 is 1. The third-order valence-corrected chi connectivity index (χ3v) is 5.83. The summed E-state index contributed by atoms with van der Waals surface area (Å²) in [5.74, 6) is -0.167. The minimum absolute atomic E-state index is 0.0909. The van der Waals surface area contributed by atoms with Crippen molar-refractivity contribution in [1.82, 2.24) is 19.8 Å². The summed E-state index contributed by atoms with van der Waals surface area (Å²) < 4.78 is 12.5. The van der Waals surface area contributed by atoms with E-state index in [2.05, 4.69) is 15.2 Å². The highest BCUT2D eigenvalue weighted by Gasteiger charge is 2.39. The van der Waals surface area contributed by atoms with Crippen molar-refractivity contribution in [3.8, 4) is 0 Å². The standard InChI is InChI=1S/C20H28N4O4/c1-27-9-6-24-13-21-16-12-14(2-4-17(16)24)20(26)22-15-3-5-18(19(15)25)23-7-10-28-11-8-23/h2,4,12-13,15,18-19,25H,3,5-11H2,1H3,(H,22,26)/t15-,18-,19-/m1/s1. The monoisotopic (exact) mass is 388 g/mol. The van der Waals surface area contributed by atoms with E-state index in [-0.39, 0.29) is 18.0 Å². The molecular formula is C20H28N4O4. The fourth-order valence-corrected chi connectivity index (χ4v) is 4.25. The topological polar surface area (TPSA) is 88.9 Å². The van der Waals surface area contributed by atoms with Crippen LogP contribution in [0.25, 0.3) is 11.0 Å². The summed E-state index contributed by atoms with van der Waals surface area (Å²) in [7, 11) is 1.67. The number of carbonyl (C=O) groups excluding carboxylic acids is 1. The van der Waals surface area contributed by atoms with E-state index in [9.17, 15) is 9.90 Å². The molecule has 8 heteroatoms. The predicted molar refractivity (Wildman–Crippen MR) is 104 cm³/mol. The van der Waals surface area contributed by atoms with Crippen molar-refractivity contribution in [1.29, 1.82) is 0 Å². The molecule has 1 saturated carbocycles. The Bertz CT molecular complexity index is 818. The number of amides is 1. The lowest BCUT2D eigenvalue weighted by Gasteiger charge is -2.34. The number of carbonyl (C=O) groups is 1. The molecule has 8 nitrogen and oxygen atoms in total. The molecule has 2 aromatic rings. The quantitative estimate of drug-likeness (QED) is 0.755. The van der Waals surface area contributed by atoms with E-state index >= 15 is 0 Å². The first kappa shape index (κ1) is 19.3. The molecule has 2 fully saturated rings. The number of fused-ring (bicyclic) bond motifs is 1. The second-order valence-corrected chi connectivity index (χ2v) is 7.50. The second kappa shape index (κ2) is 8.57. The molecule has 1 aliphatic heterocycles. The number of nitrogens with one attached hydrogen (secondary N) is 1. The Balaban J connectivity index is 1.40. The van der Waals surface area contributed by atoms with E-state index in [0.29, 0.717) is 25.4 Å². The molecule has 2 aliphatic rings. The van der Waals surface area contributed by atoms with Crippen molar-refractivity contribution >= 4 is 16.9 Å². The second-order valence-electron chi connectivity index (χ2n) is 7.50. The molecule has 4 rings (SSSR count). The average Bonchev–Trinajstić information content (AvgIpc) is 3.30. The van der Waals surface area contributed by atoms with Gasteiger partial charge in [0, 0.05) is 38.3 Å². The van der Waals surface area contributed by atoms with Crippen LogP contribution < -0.4 is 5.32 Å². The van der Waals surface area contributed by atoms with Crippen LogP contribution in [-0.4, -0.2) is 83.7 Å². The van der Waals surface area contributed by atoms with Gasteiger partial charge in [0.25, 0.3) is 5.91 Å². The Morgan fingerprint density at radius 1 is 1.36 bits per heavy atom. The zero-order chi connectivity index (χ0) is 19.5. The lowest BCUT2D eigenvalue weighted by molar-refractivity contribution is -0.0154. The Morgan fingerprint density at radius 3 is 2.96 bits per heavy atom. The van der Waals surface area contributed by atoms with Crippen molar-refractivity contribution in [2.24, 2.45) is 0 Å². The van der Waals surface area contributed by atoms with Gasteiger partial charge in [0.05, 0.1) is 49.3 Å². The van der Waals surface area contributed by atoms with E-state index in [4.69, 9.17) is 9.47 Å². The molecular weight excluding hydrogens is 360 g/mol. The summed E-state index contributed by atoms with van der Waals surface area (Å²) in [5.41, 5.74) is 2.32. The lowest BCUT2D eigenvalue weighted by Crippen LogP contribution is -2.51. The molecule has 0 unspecified atom stereocenters. The van der Waals surface area contributed by atoms with Gasteiger partial charge in [-0.3, -0.25) is 9.69 Å². The van der Waals surface area contributed by atoms with E-state index < -0.39 is 6.10 Å². The molecule has 1 saturated heterocycles. The Labute approximate surface area is 164 Å². The number of aliphatic hydroxyl groups is 1. The number of hydrogen-bond donors (Lipinski definition) is 2. The van der Waals surface area contributed by atoms with E-state index in [0.717, 1.165) is 43.5 Å². The fourth-order valence-electron chi connectivity index (χ4n) is 4.25. The molecule has 2 N–H and O–H groups in total. The van der Waals surface area contributed by atoms with Crippen LogP contribution in [0, 0.1) is 0 Å². The molecule has 1 aromatic heterocycles. The number of morpholine rings is 1. The number of ether oxygens (including phenoxy) is 2. The van der Waals surface area contributed by atoms with Gasteiger partial charge in [-0.05, 0) is 31.0 Å². The Hall–Kier alpha value is -2.00. The summed E-state index contributed by atoms with van der Waals surface area (Å²) >= 11 is 0. The average molecular weight is 388 g/mol. The number of imidazole rings is 1. The van der Waals surface area contributed by atoms with Gasteiger partial charge in [-0.15, -0.1) is 0 Å². The van der Waals surface area contributed by atoms with Crippen LogP contribution in [0.3, 0.4) is 0 Å². The number of rotatable bonds is 6. The minimum Gasteiger partial charge on any atom is -0.389 e. The van der Waals surface area contributed by atoms with Crippen molar-refractivity contribution < 1.29 is 19.4 Å². The van der Waals surface area contributed by atoms with Crippen LogP contribution in [-0.2, 0) is 16.0 Å². The van der Waals surface area contributed by atoms with Crippen LogP contribution in [0.5, 0.6) is 0 Å². The largest absolute Gasteiger partial charge is 0.389 e. The number of aromatic nitrogens is 2. The van der Waals surface area contributed by atoms with Gasteiger partial charge in [0.15, 0.2) is 0 Å². The molecule has 3 atom stereocenters. The number of benzene rings is 1. The van der Waals surface area contributed by atoms with Gasteiger partial charge in [-0.2, -0.15) is 0 Å².